The number of nitrogens with two attached hydrogens (primary N) is 1. The van der Waals surface area contributed by atoms with E-state index in [0.29, 0.717) is 25.4 Å². The Morgan fingerprint density at radius 3 is 2.73 bits per heavy atom. The molecule has 2 heterocycles. The van der Waals surface area contributed by atoms with Gasteiger partial charge in [0.25, 0.3) is 0 Å². The van der Waals surface area contributed by atoms with Crippen LogP contribution >= 0.6 is 11.8 Å². The Balaban J connectivity index is 2.00. The summed E-state index contributed by atoms with van der Waals surface area (Å²) in [5.74, 6) is 1.60. The first-order valence-corrected chi connectivity index (χ1v) is 9.44. The van der Waals surface area contributed by atoms with E-state index >= 15 is 0 Å². The van der Waals surface area contributed by atoms with Gasteiger partial charge in [-0.3, -0.25) is 9.59 Å². The third kappa shape index (κ3) is 3.77. The van der Waals surface area contributed by atoms with Gasteiger partial charge in [-0.25, -0.2) is 0 Å². The zero-order valence-electron chi connectivity index (χ0n) is 14.0. The predicted molar refractivity (Wildman–Crippen MR) is 90.4 cm³/mol. The van der Waals surface area contributed by atoms with Gasteiger partial charge >= 0.3 is 0 Å². The first-order valence-electron chi connectivity index (χ1n) is 8.28. The number of thioether (sulfide) groups is 1. The first kappa shape index (κ1) is 17.6. The molecule has 0 aliphatic carbocycles. The van der Waals surface area contributed by atoms with Crippen LogP contribution in [0.1, 0.15) is 46.5 Å². The van der Waals surface area contributed by atoms with Crippen LogP contribution < -0.4 is 5.73 Å². The minimum Gasteiger partial charge on any atom is -0.340 e. The van der Waals surface area contributed by atoms with Crippen LogP contribution in [0.3, 0.4) is 0 Å². The molecule has 5 nitrogen and oxygen atoms in total. The van der Waals surface area contributed by atoms with E-state index in [-0.39, 0.29) is 29.3 Å². The molecule has 2 aliphatic heterocycles. The number of carbonyl (C=O) groups excluding carboxylic acids is 2. The summed E-state index contributed by atoms with van der Waals surface area (Å²) in [5.41, 5.74) is 6.09. The maximum atomic E-state index is 12.9. The van der Waals surface area contributed by atoms with Crippen LogP contribution in [0, 0.1) is 5.41 Å². The molecule has 0 radical (unpaired) electrons. The number of nitrogens with zero attached hydrogens (tertiary/aromatic N) is 2. The number of rotatable bonds is 4. The van der Waals surface area contributed by atoms with Crippen LogP contribution in [0.25, 0.3) is 0 Å². The van der Waals surface area contributed by atoms with Gasteiger partial charge in [0.05, 0.1) is 5.88 Å². The fourth-order valence-corrected chi connectivity index (χ4v) is 4.31. The Morgan fingerprint density at radius 2 is 2.09 bits per heavy atom. The molecule has 6 heteroatoms. The van der Waals surface area contributed by atoms with Crippen molar-refractivity contribution in [2.45, 2.75) is 58.5 Å². The zero-order chi connectivity index (χ0) is 16.3. The third-order valence-electron chi connectivity index (χ3n) is 4.86. The van der Waals surface area contributed by atoms with Gasteiger partial charge in [-0.05, 0) is 18.3 Å². The number of piperidine rings is 1. The summed E-state index contributed by atoms with van der Waals surface area (Å²) in [6.45, 7) is 7.70. The maximum Gasteiger partial charge on any atom is 0.246 e. The average Bonchev–Trinajstić information content (AvgIpc) is 2.96. The largest absolute Gasteiger partial charge is 0.340 e. The van der Waals surface area contributed by atoms with Gasteiger partial charge in [0, 0.05) is 31.3 Å². The second-order valence-electron chi connectivity index (χ2n) is 7.13. The lowest BCUT2D eigenvalue weighted by Gasteiger charge is -2.43. The Bertz CT molecular complexity index is 428. The Kier molecular flexibility index (Phi) is 5.77. The molecule has 2 fully saturated rings. The van der Waals surface area contributed by atoms with E-state index in [0.717, 1.165) is 25.0 Å². The number of likely N-dealkylation sites (tertiary alicyclic amines) is 1. The SMILES string of the molecule is CCCCC(=O)N1CSCC1C(=O)N1CCC(N)C(C)(C)C1. The highest BCUT2D eigenvalue weighted by Gasteiger charge is 2.41. The molecule has 2 atom stereocenters. The lowest BCUT2D eigenvalue weighted by Crippen LogP contribution is -2.58. The molecule has 0 bridgehead atoms. The molecule has 2 unspecified atom stereocenters. The van der Waals surface area contributed by atoms with E-state index in [1.165, 1.54) is 0 Å². The first-order chi connectivity index (χ1) is 10.4. The Hall–Kier alpha value is -0.750. The average molecular weight is 327 g/mol. The van der Waals surface area contributed by atoms with Gasteiger partial charge in [-0.2, -0.15) is 0 Å². The normalized spacial score (nSPS) is 28.0. The molecule has 22 heavy (non-hydrogen) atoms. The lowest BCUT2D eigenvalue weighted by atomic mass is 9.79. The van der Waals surface area contributed by atoms with Crippen molar-refractivity contribution in [3.05, 3.63) is 0 Å². The van der Waals surface area contributed by atoms with E-state index in [2.05, 4.69) is 20.8 Å². The van der Waals surface area contributed by atoms with Crippen LogP contribution in [-0.2, 0) is 9.59 Å². The van der Waals surface area contributed by atoms with Crippen molar-refractivity contribution in [2.75, 3.05) is 24.7 Å². The minimum absolute atomic E-state index is 0.0588. The highest BCUT2D eigenvalue weighted by molar-refractivity contribution is 7.99. The molecule has 0 saturated carbocycles. The van der Waals surface area contributed by atoms with E-state index in [1.54, 1.807) is 16.7 Å². The Morgan fingerprint density at radius 1 is 1.36 bits per heavy atom. The summed E-state index contributed by atoms with van der Waals surface area (Å²) in [5, 5.41) is 0. The van der Waals surface area contributed by atoms with Crippen molar-refractivity contribution < 1.29 is 9.59 Å². The highest BCUT2D eigenvalue weighted by atomic mass is 32.2. The molecule has 2 aliphatic rings. The quantitative estimate of drug-likeness (QED) is 0.853. The van der Waals surface area contributed by atoms with Gasteiger partial charge in [0.15, 0.2) is 0 Å². The van der Waals surface area contributed by atoms with Crippen LogP contribution in [0.5, 0.6) is 0 Å². The number of unbranched alkanes of at least 4 members (excludes halogenated alkanes) is 1. The smallest absolute Gasteiger partial charge is 0.246 e. The number of carbonyl (C=O) groups is 2. The monoisotopic (exact) mass is 327 g/mol. The summed E-state index contributed by atoms with van der Waals surface area (Å²) in [4.78, 5) is 28.9. The van der Waals surface area contributed by atoms with Crippen molar-refractivity contribution in [1.29, 1.82) is 0 Å². The summed E-state index contributed by atoms with van der Waals surface area (Å²) >= 11 is 1.68. The van der Waals surface area contributed by atoms with Crippen LogP contribution in [0.4, 0.5) is 0 Å². The van der Waals surface area contributed by atoms with Gasteiger partial charge in [0.1, 0.15) is 6.04 Å². The second kappa shape index (κ2) is 7.21. The van der Waals surface area contributed by atoms with E-state index in [9.17, 15) is 9.59 Å². The molecule has 2 rings (SSSR count). The van der Waals surface area contributed by atoms with Gasteiger partial charge in [-0.1, -0.05) is 27.2 Å². The van der Waals surface area contributed by atoms with Crippen molar-refractivity contribution in [1.82, 2.24) is 9.80 Å². The number of hydrogen-bond donors (Lipinski definition) is 1. The minimum atomic E-state index is -0.278. The predicted octanol–water partition coefficient (Wildman–Crippen LogP) is 1.66. The molecule has 0 aromatic rings. The van der Waals surface area contributed by atoms with Crippen molar-refractivity contribution in [3.63, 3.8) is 0 Å². The van der Waals surface area contributed by atoms with Crippen LogP contribution in [0.15, 0.2) is 0 Å². The van der Waals surface area contributed by atoms with Crippen LogP contribution in [0.2, 0.25) is 0 Å². The standard InChI is InChI=1S/C16H29N3O2S/c1-4-5-6-14(20)19-11-22-9-12(19)15(21)18-8-7-13(17)16(2,3)10-18/h12-13H,4-11,17H2,1-3H3. The van der Waals surface area contributed by atoms with Crippen molar-refractivity contribution in [2.24, 2.45) is 11.1 Å². The molecule has 126 valence electrons. The fraction of sp³-hybridized carbons (Fsp3) is 0.875. The van der Waals surface area contributed by atoms with E-state index < -0.39 is 0 Å². The van der Waals surface area contributed by atoms with E-state index in [1.807, 2.05) is 4.90 Å². The number of hydrogen-bond acceptors (Lipinski definition) is 4. The highest BCUT2D eigenvalue weighted by Crippen LogP contribution is 2.30. The van der Waals surface area contributed by atoms with Gasteiger partial charge in [-0.15, -0.1) is 11.8 Å². The summed E-state index contributed by atoms with van der Waals surface area (Å²) in [7, 11) is 0. The molecule has 2 N–H and O–H groups in total. The molecular weight excluding hydrogens is 298 g/mol. The summed E-state index contributed by atoms with van der Waals surface area (Å²) in [6.07, 6.45) is 3.29. The summed E-state index contributed by atoms with van der Waals surface area (Å²) < 4.78 is 0. The third-order valence-corrected chi connectivity index (χ3v) is 5.87. The molecule has 0 aromatic heterocycles. The zero-order valence-corrected chi connectivity index (χ0v) is 14.8. The second-order valence-corrected chi connectivity index (χ2v) is 8.13. The molecule has 2 amide bonds. The van der Waals surface area contributed by atoms with E-state index in [4.69, 9.17) is 5.73 Å². The number of amides is 2. The molecule has 2 saturated heterocycles. The molecule has 0 spiro atoms. The summed E-state index contributed by atoms with van der Waals surface area (Å²) in [6, 6.07) is -0.142. The van der Waals surface area contributed by atoms with Gasteiger partial charge < -0.3 is 15.5 Å². The Labute approximate surface area is 138 Å². The maximum absolute atomic E-state index is 12.9. The topological polar surface area (TPSA) is 66.6 Å². The van der Waals surface area contributed by atoms with Crippen LogP contribution in [-0.4, -0.2) is 58.4 Å². The lowest BCUT2D eigenvalue weighted by molar-refractivity contribution is -0.145. The van der Waals surface area contributed by atoms with Crippen molar-refractivity contribution >= 4 is 23.6 Å². The molecular formula is C16H29N3O2S. The van der Waals surface area contributed by atoms with Crippen molar-refractivity contribution in [3.8, 4) is 0 Å². The molecule has 0 aromatic carbocycles. The fourth-order valence-electron chi connectivity index (χ4n) is 3.14. The van der Waals surface area contributed by atoms with Gasteiger partial charge in [0.2, 0.25) is 11.8 Å².